The monoisotopic (exact) mass is 415 g/mol. The van der Waals surface area contributed by atoms with Gasteiger partial charge in [-0.25, -0.2) is 8.42 Å². The van der Waals surface area contributed by atoms with Gasteiger partial charge in [0.05, 0.1) is 4.90 Å². The van der Waals surface area contributed by atoms with Crippen LogP contribution in [-0.2, 0) is 16.6 Å². The average Bonchev–Trinajstić information content (AvgIpc) is 3.30. The standard InChI is InChI=1S/C22H29N3O3S/c1-3-24(4-2)20-11-7-18(8-12-20)17-23-22(26)19-9-13-21(14-10-19)29(27,28)25-15-5-6-16-25/h7-14H,3-6,15-17H2,1-2H3,(H,23,26). The van der Waals surface area contributed by atoms with Crippen LogP contribution < -0.4 is 10.2 Å². The van der Waals surface area contributed by atoms with Gasteiger partial charge in [-0.3, -0.25) is 4.79 Å². The van der Waals surface area contributed by atoms with Crippen molar-refractivity contribution >= 4 is 21.6 Å². The highest BCUT2D eigenvalue weighted by Crippen LogP contribution is 2.21. The fourth-order valence-corrected chi connectivity index (χ4v) is 5.07. The van der Waals surface area contributed by atoms with E-state index in [-0.39, 0.29) is 10.8 Å². The van der Waals surface area contributed by atoms with E-state index in [0.29, 0.717) is 25.2 Å². The largest absolute Gasteiger partial charge is 0.372 e. The van der Waals surface area contributed by atoms with Gasteiger partial charge in [-0.2, -0.15) is 4.31 Å². The summed E-state index contributed by atoms with van der Waals surface area (Å²) in [6.45, 7) is 7.71. The van der Waals surface area contributed by atoms with Crippen molar-refractivity contribution in [3.05, 3.63) is 59.7 Å². The lowest BCUT2D eigenvalue weighted by Crippen LogP contribution is -2.28. The summed E-state index contributed by atoms with van der Waals surface area (Å²) in [6.07, 6.45) is 1.80. The molecule has 0 radical (unpaired) electrons. The lowest BCUT2D eigenvalue weighted by Gasteiger charge is -2.21. The molecule has 1 saturated heterocycles. The molecular formula is C22H29N3O3S. The highest BCUT2D eigenvalue weighted by molar-refractivity contribution is 7.89. The van der Waals surface area contributed by atoms with E-state index in [9.17, 15) is 13.2 Å². The number of amides is 1. The molecule has 0 bridgehead atoms. The van der Waals surface area contributed by atoms with Crippen molar-refractivity contribution in [1.82, 2.24) is 9.62 Å². The molecule has 2 aromatic carbocycles. The summed E-state index contributed by atoms with van der Waals surface area (Å²) >= 11 is 0. The number of carbonyl (C=O) groups is 1. The van der Waals surface area contributed by atoms with E-state index in [1.807, 2.05) is 12.1 Å². The van der Waals surface area contributed by atoms with Crippen LogP contribution in [0.15, 0.2) is 53.4 Å². The molecule has 1 fully saturated rings. The maximum atomic E-state index is 12.6. The Bertz CT molecular complexity index is 915. The van der Waals surface area contributed by atoms with Crippen molar-refractivity contribution in [2.45, 2.75) is 38.1 Å². The molecule has 3 rings (SSSR count). The van der Waals surface area contributed by atoms with Crippen LogP contribution in [0.2, 0.25) is 0 Å². The van der Waals surface area contributed by atoms with Gasteiger partial charge >= 0.3 is 0 Å². The molecule has 0 atom stereocenters. The van der Waals surface area contributed by atoms with Gasteiger partial charge in [-0.05, 0) is 68.7 Å². The van der Waals surface area contributed by atoms with Gasteiger partial charge < -0.3 is 10.2 Å². The lowest BCUT2D eigenvalue weighted by atomic mass is 10.1. The van der Waals surface area contributed by atoms with Crippen molar-refractivity contribution in [1.29, 1.82) is 0 Å². The van der Waals surface area contributed by atoms with Crippen molar-refractivity contribution in [3.63, 3.8) is 0 Å². The van der Waals surface area contributed by atoms with E-state index in [2.05, 4.69) is 36.2 Å². The molecule has 0 unspecified atom stereocenters. The van der Waals surface area contributed by atoms with E-state index in [4.69, 9.17) is 0 Å². The minimum absolute atomic E-state index is 0.220. The molecule has 1 heterocycles. The normalized spacial score (nSPS) is 14.7. The summed E-state index contributed by atoms with van der Waals surface area (Å²) in [5, 5.41) is 2.89. The summed E-state index contributed by atoms with van der Waals surface area (Å²) in [6, 6.07) is 14.3. The molecule has 1 N–H and O–H groups in total. The van der Waals surface area contributed by atoms with Crippen LogP contribution in [0.1, 0.15) is 42.6 Å². The quantitative estimate of drug-likeness (QED) is 0.719. The molecule has 1 aliphatic heterocycles. The Labute approximate surface area is 173 Å². The number of anilines is 1. The molecule has 0 aliphatic carbocycles. The number of nitrogens with zero attached hydrogens (tertiary/aromatic N) is 2. The number of carbonyl (C=O) groups excluding carboxylic acids is 1. The first-order valence-corrected chi connectivity index (χ1v) is 11.6. The summed E-state index contributed by atoms with van der Waals surface area (Å²) in [5.74, 6) is -0.220. The molecule has 2 aromatic rings. The maximum Gasteiger partial charge on any atom is 0.251 e. The molecule has 1 aliphatic rings. The van der Waals surface area contributed by atoms with E-state index >= 15 is 0 Å². The van der Waals surface area contributed by atoms with Crippen molar-refractivity contribution in [2.75, 3.05) is 31.1 Å². The van der Waals surface area contributed by atoms with Gasteiger partial charge in [-0.15, -0.1) is 0 Å². The maximum absolute atomic E-state index is 12.6. The zero-order chi connectivity index (χ0) is 20.9. The number of benzene rings is 2. The van der Waals surface area contributed by atoms with Gasteiger partial charge in [-0.1, -0.05) is 12.1 Å². The fraction of sp³-hybridized carbons (Fsp3) is 0.409. The summed E-state index contributed by atoms with van der Waals surface area (Å²) < 4.78 is 26.6. The minimum Gasteiger partial charge on any atom is -0.372 e. The molecule has 0 spiro atoms. The third-order valence-electron chi connectivity index (χ3n) is 5.34. The second-order valence-corrected chi connectivity index (χ2v) is 9.09. The summed E-state index contributed by atoms with van der Waals surface area (Å²) in [5.41, 5.74) is 2.63. The van der Waals surface area contributed by atoms with Gasteiger partial charge in [0.2, 0.25) is 10.0 Å². The smallest absolute Gasteiger partial charge is 0.251 e. The fourth-order valence-electron chi connectivity index (χ4n) is 3.55. The zero-order valence-corrected chi connectivity index (χ0v) is 17.9. The molecule has 156 valence electrons. The van der Waals surface area contributed by atoms with Gasteiger partial charge in [0.25, 0.3) is 5.91 Å². The number of sulfonamides is 1. The van der Waals surface area contributed by atoms with Crippen molar-refractivity contribution < 1.29 is 13.2 Å². The second-order valence-electron chi connectivity index (χ2n) is 7.16. The van der Waals surface area contributed by atoms with Crippen molar-refractivity contribution in [3.8, 4) is 0 Å². The Hall–Kier alpha value is -2.38. The molecular weight excluding hydrogens is 386 g/mol. The molecule has 0 aromatic heterocycles. The highest BCUT2D eigenvalue weighted by atomic mass is 32.2. The molecule has 7 heteroatoms. The SMILES string of the molecule is CCN(CC)c1ccc(CNC(=O)c2ccc(S(=O)(=O)N3CCCC3)cc2)cc1. The number of rotatable bonds is 8. The highest BCUT2D eigenvalue weighted by Gasteiger charge is 2.27. The van der Waals surface area contributed by atoms with E-state index in [1.54, 1.807) is 12.1 Å². The van der Waals surface area contributed by atoms with Crippen LogP contribution in [0, 0.1) is 0 Å². The first-order valence-electron chi connectivity index (χ1n) is 10.2. The third-order valence-corrected chi connectivity index (χ3v) is 7.25. The van der Waals surface area contributed by atoms with E-state index < -0.39 is 10.0 Å². The molecule has 1 amide bonds. The predicted molar refractivity (Wildman–Crippen MR) is 116 cm³/mol. The van der Waals surface area contributed by atoms with Crippen LogP contribution in [0.3, 0.4) is 0 Å². The number of hydrogen-bond donors (Lipinski definition) is 1. The summed E-state index contributed by atoms with van der Waals surface area (Å²) in [7, 11) is -3.45. The van der Waals surface area contributed by atoms with Gasteiger partial charge in [0.15, 0.2) is 0 Å². The Balaban J connectivity index is 1.60. The number of hydrogen-bond acceptors (Lipinski definition) is 4. The molecule has 0 saturated carbocycles. The van der Waals surface area contributed by atoms with Crippen LogP contribution in [0.25, 0.3) is 0 Å². The van der Waals surface area contributed by atoms with Gasteiger partial charge in [0, 0.05) is 44.0 Å². The van der Waals surface area contributed by atoms with Crippen molar-refractivity contribution in [2.24, 2.45) is 0 Å². The predicted octanol–water partition coefficient (Wildman–Crippen LogP) is 3.25. The topological polar surface area (TPSA) is 69.7 Å². The average molecular weight is 416 g/mol. The second kappa shape index (κ2) is 9.41. The van der Waals surface area contributed by atoms with E-state index in [0.717, 1.165) is 31.5 Å². The first-order chi connectivity index (χ1) is 14.0. The summed E-state index contributed by atoms with van der Waals surface area (Å²) in [4.78, 5) is 14.9. The lowest BCUT2D eigenvalue weighted by molar-refractivity contribution is 0.0951. The zero-order valence-electron chi connectivity index (χ0n) is 17.1. The van der Waals surface area contributed by atoms with E-state index in [1.165, 1.54) is 22.1 Å². The minimum atomic E-state index is -3.45. The Morgan fingerprint density at radius 2 is 1.55 bits per heavy atom. The van der Waals surface area contributed by atoms with Crippen LogP contribution in [0.4, 0.5) is 5.69 Å². The Kier molecular flexibility index (Phi) is 6.92. The Morgan fingerprint density at radius 1 is 0.966 bits per heavy atom. The van der Waals surface area contributed by atoms with Crippen LogP contribution >= 0.6 is 0 Å². The number of nitrogens with one attached hydrogen (secondary N) is 1. The van der Waals surface area contributed by atoms with Crippen LogP contribution in [-0.4, -0.2) is 44.8 Å². The third kappa shape index (κ3) is 4.97. The molecule has 6 nitrogen and oxygen atoms in total. The molecule has 29 heavy (non-hydrogen) atoms. The first kappa shape index (κ1) is 21.3. The van der Waals surface area contributed by atoms with Crippen LogP contribution in [0.5, 0.6) is 0 Å². The van der Waals surface area contributed by atoms with Gasteiger partial charge in [0.1, 0.15) is 0 Å². The Morgan fingerprint density at radius 3 is 2.10 bits per heavy atom.